The summed E-state index contributed by atoms with van der Waals surface area (Å²) in [6.07, 6.45) is 2.46. The van der Waals surface area contributed by atoms with Gasteiger partial charge in [-0.3, -0.25) is 10.1 Å². The average Bonchev–Trinajstić information content (AvgIpc) is 3.13. The molecule has 104 valence electrons. The second-order valence-electron chi connectivity index (χ2n) is 4.84. The van der Waals surface area contributed by atoms with Crippen molar-refractivity contribution in [1.82, 2.24) is 5.32 Å². The molecule has 0 aliphatic heterocycles. The fourth-order valence-corrected chi connectivity index (χ4v) is 2.22. The van der Waals surface area contributed by atoms with Gasteiger partial charge in [0.2, 0.25) is 0 Å². The zero-order chi connectivity index (χ0) is 14.1. The van der Waals surface area contributed by atoms with Crippen LogP contribution in [-0.2, 0) is 6.54 Å². The molecule has 6 heteroatoms. The molecule has 0 unspecified atom stereocenters. The molecule has 2 aromatic rings. The van der Waals surface area contributed by atoms with Gasteiger partial charge in [-0.1, -0.05) is 11.6 Å². The summed E-state index contributed by atoms with van der Waals surface area (Å²) in [6.45, 7) is 0.700. The number of halogens is 1. The number of hydrogen-bond donors (Lipinski definition) is 1. The molecule has 0 atom stereocenters. The average molecular weight is 293 g/mol. The van der Waals surface area contributed by atoms with E-state index in [2.05, 4.69) is 5.32 Å². The third kappa shape index (κ3) is 2.84. The topological polar surface area (TPSA) is 68.3 Å². The molecular formula is C14H13ClN2O3. The highest BCUT2D eigenvalue weighted by atomic mass is 35.5. The van der Waals surface area contributed by atoms with E-state index in [1.807, 2.05) is 12.1 Å². The van der Waals surface area contributed by atoms with E-state index < -0.39 is 4.92 Å². The van der Waals surface area contributed by atoms with E-state index in [4.69, 9.17) is 16.0 Å². The van der Waals surface area contributed by atoms with Crippen molar-refractivity contribution >= 4 is 17.3 Å². The summed E-state index contributed by atoms with van der Waals surface area (Å²) in [5, 5.41) is 14.2. The molecule has 1 N–H and O–H groups in total. The number of nitrogens with zero attached hydrogens (tertiary/aromatic N) is 1. The van der Waals surface area contributed by atoms with Crippen molar-refractivity contribution < 1.29 is 9.34 Å². The third-order valence-electron chi connectivity index (χ3n) is 3.23. The predicted molar refractivity (Wildman–Crippen MR) is 75.7 cm³/mol. The summed E-state index contributed by atoms with van der Waals surface area (Å²) in [6, 6.07) is 8.96. The van der Waals surface area contributed by atoms with Crippen LogP contribution < -0.4 is 5.32 Å². The van der Waals surface area contributed by atoms with Crippen molar-refractivity contribution in [2.45, 2.75) is 25.4 Å². The van der Waals surface area contributed by atoms with Gasteiger partial charge in [-0.15, -0.1) is 0 Å². The summed E-state index contributed by atoms with van der Waals surface area (Å²) in [5.74, 6) is 1.51. The van der Waals surface area contributed by atoms with Crippen LogP contribution >= 0.6 is 11.6 Å². The third-order valence-corrected chi connectivity index (χ3v) is 3.54. The summed E-state index contributed by atoms with van der Waals surface area (Å²) in [4.78, 5) is 10.2. The van der Waals surface area contributed by atoms with Crippen LogP contribution in [0.5, 0.6) is 0 Å². The molecule has 1 aromatic heterocycles. The Kier molecular flexibility index (Phi) is 3.46. The molecule has 1 saturated carbocycles. The van der Waals surface area contributed by atoms with Gasteiger partial charge < -0.3 is 9.73 Å². The Balaban J connectivity index is 1.77. The molecule has 0 saturated heterocycles. The van der Waals surface area contributed by atoms with Crippen molar-refractivity contribution in [1.29, 1.82) is 0 Å². The molecule has 0 spiro atoms. The Morgan fingerprint density at radius 2 is 2.15 bits per heavy atom. The Morgan fingerprint density at radius 1 is 1.35 bits per heavy atom. The highest BCUT2D eigenvalue weighted by Crippen LogP contribution is 2.31. The molecule has 5 nitrogen and oxygen atoms in total. The van der Waals surface area contributed by atoms with E-state index in [1.165, 1.54) is 18.9 Å². The zero-order valence-electron chi connectivity index (χ0n) is 10.6. The monoisotopic (exact) mass is 292 g/mol. The Bertz CT molecular complexity index is 650. The van der Waals surface area contributed by atoms with Crippen LogP contribution in [0.4, 0.5) is 5.69 Å². The lowest BCUT2D eigenvalue weighted by molar-refractivity contribution is -0.384. The minimum atomic E-state index is -0.501. The smallest absolute Gasteiger partial charge is 0.287 e. The largest absolute Gasteiger partial charge is 0.460 e. The fourth-order valence-electron chi connectivity index (χ4n) is 1.97. The second-order valence-corrected chi connectivity index (χ2v) is 5.25. The Morgan fingerprint density at radius 3 is 2.80 bits per heavy atom. The molecule has 3 rings (SSSR count). The number of nitro benzene ring substituents is 1. The molecule has 0 bridgehead atoms. The number of nitro groups is 1. The van der Waals surface area contributed by atoms with Crippen LogP contribution in [-0.4, -0.2) is 11.0 Å². The van der Waals surface area contributed by atoms with Crippen LogP contribution in [0.25, 0.3) is 11.3 Å². The molecule has 1 fully saturated rings. The van der Waals surface area contributed by atoms with Gasteiger partial charge in [0.05, 0.1) is 11.5 Å². The van der Waals surface area contributed by atoms with E-state index in [1.54, 1.807) is 12.1 Å². The standard InChI is InChI=1S/C14H13ClN2O3/c15-12-7-9(1-5-13(12)17(18)19)14-6-4-11(20-14)8-16-10-2-3-10/h1,4-7,10,16H,2-3,8H2. The first kappa shape index (κ1) is 13.1. The first-order chi connectivity index (χ1) is 9.63. The molecular weight excluding hydrogens is 280 g/mol. The van der Waals surface area contributed by atoms with E-state index >= 15 is 0 Å². The minimum Gasteiger partial charge on any atom is -0.460 e. The molecule has 20 heavy (non-hydrogen) atoms. The van der Waals surface area contributed by atoms with E-state index in [-0.39, 0.29) is 10.7 Å². The maximum atomic E-state index is 10.7. The summed E-state index contributed by atoms with van der Waals surface area (Å²) in [7, 11) is 0. The van der Waals surface area contributed by atoms with E-state index in [9.17, 15) is 10.1 Å². The molecule has 1 heterocycles. The minimum absolute atomic E-state index is 0.0994. The molecule has 1 aliphatic rings. The molecule has 0 radical (unpaired) electrons. The number of nitrogens with one attached hydrogen (secondary N) is 1. The van der Waals surface area contributed by atoms with Gasteiger partial charge in [0, 0.05) is 17.7 Å². The van der Waals surface area contributed by atoms with Gasteiger partial charge in [0.25, 0.3) is 5.69 Å². The molecule has 0 amide bonds. The summed E-state index contributed by atoms with van der Waals surface area (Å²) in [5.41, 5.74) is 0.635. The Hall–Kier alpha value is -1.85. The zero-order valence-corrected chi connectivity index (χ0v) is 11.4. The second kappa shape index (κ2) is 5.26. The van der Waals surface area contributed by atoms with Crippen LogP contribution in [0, 0.1) is 10.1 Å². The maximum absolute atomic E-state index is 10.7. The number of hydrogen-bond acceptors (Lipinski definition) is 4. The van der Waals surface area contributed by atoms with Crippen LogP contribution in [0.3, 0.4) is 0 Å². The number of benzene rings is 1. The molecule has 1 aromatic carbocycles. The van der Waals surface area contributed by atoms with Crippen molar-refractivity contribution in [2.75, 3.05) is 0 Å². The van der Waals surface area contributed by atoms with Crippen molar-refractivity contribution in [2.24, 2.45) is 0 Å². The number of rotatable bonds is 5. The van der Waals surface area contributed by atoms with Crippen LogP contribution in [0.15, 0.2) is 34.7 Å². The summed E-state index contributed by atoms with van der Waals surface area (Å²) < 4.78 is 5.71. The highest BCUT2D eigenvalue weighted by Gasteiger charge is 2.20. The SMILES string of the molecule is O=[N+]([O-])c1ccc(-c2ccc(CNC3CC3)o2)cc1Cl. The van der Waals surface area contributed by atoms with Crippen molar-refractivity contribution in [3.63, 3.8) is 0 Å². The van der Waals surface area contributed by atoms with Crippen molar-refractivity contribution in [3.05, 3.63) is 51.2 Å². The van der Waals surface area contributed by atoms with Gasteiger partial charge >= 0.3 is 0 Å². The lowest BCUT2D eigenvalue weighted by atomic mass is 10.1. The van der Waals surface area contributed by atoms with Gasteiger partial charge in [0.15, 0.2) is 0 Å². The lowest BCUT2D eigenvalue weighted by Crippen LogP contribution is -2.14. The van der Waals surface area contributed by atoms with Gasteiger partial charge in [0.1, 0.15) is 16.5 Å². The van der Waals surface area contributed by atoms with Gasteiger partial charge in [-0.25, -0.2) is 0 Å². The van der Waals surface area contributed by atoms with Crippen molar-refractivity contribution in [3.8, 4) is 11.3 Å². The van der Waals surface area contributed by atoms with Crippen LogP contribution in [0.1, 0.15) is 18.6 Å². The number of furan rings is 1. The quantitative estimate of drug-likeness (QED) is 0.673. The van der Waals surface area contributed by atoms with Crippen LogP contribution in [0.2, 0.25) is 5.02 Å². The van der Waals surface area contributed by atoms with E-state index in [0.717, 1.165) is 11.3 Å². The first-order valence-electron chi connectivity index (χ1n) is 6.40. The highest BCUT2D eigenvalue weighted by molar-refractivity contribution is 6.32. The fraction of sp³-hybridized carbons (Fsp3) is 0.286. The Labute approximate surface area is 120 Å². The lowest BCUT2D eigenvalue weighted by Gasteiger charge is -2.01. The predicted octanol–water partition coefficient (Wildman–Crippen LogP) is 3.76. The van der Waals surface area contributed by atoms with Gasteiger partial charge in [-0.2, -0.15) is 0 Å². The summed E-state index contributed by atoms with van der Waals surface area (Å²) >= 11 is 5.90. The maximum Gasteiger partial charge on any atom is 0.287 e. The van der Waals surface area contributed by atoms with E-state index in [0.29, 0.717) is 18.3 Å². The first-order valence-corrected chi connectivity index (χ1v) is 6.77. The molecule has 1 aliphatic carbocycles. The normalized spacial score (nSPS) is 14.4. The van der Waals surface area contributed by atoms with Gasteiger partial charge in [-0.05, 0) is 37.1 Å².